The topological polar surface area (TPSA) is 28.2 Å². The van der Waals surface area contributed by atoms with Gasteiger partial charge in [-0.1, -0.05) is 19.3 Å². The zero-order chi connectivity index (χ0) is 14.0. The van der Waals surface area contributed by atoms with Crippen LogP contribution in [-0.2, 0) is 0 Å². The molecule has 1 saturated heterocycles. The van der Waals surface area contributed by atoms with E-state index in [4.69, 9.17) is 0 Å². The second-order valence-electron chi connectivity index (χ2n) is 6.27. The minimum Gasteiger partial charge on any atom is -0.314 e. The first-order valence-corrected chi connectivity index (χ1v) is 7.79. The number of hydrogen-bond donors (Lipinski definition) is 1. The second-order valence-corrected chi connectivity index (χ2v) is 6.27. The third kappa shape index (κ3) is 2.59. The number of rotatable bonds is 2. The summed E-state index contributed by atoms with van der Waals surface area (Å²) in [7, 11) is 0. The average Bonchev–Trinajstić information content (AvgIpc) is 2.48. The van der Waals surface area contributed by atoms with E-state index in [2.05, 4.69) is 22.1 Å². The van der Waals surface area contributed by atoms with Gasteiger partial charge in [-0.2, -0.15) is 0 Å². The van der Waals surface area contributed by atoms with Gasteiger partial charge in [-0.25, -0.2) is 4.39 Å². The Morgan fingerprint density at radius 3 is 2.85 bits per heavy atom. The maximum atomic E-state index is 13.4. The summed E-state index contributed by atoms with van der Waals surface area (Å²) >= 11 is 0. The molecule has 2 heterocycles. The Morgan fingerprint density at radius 1 is 1.30 bits per heavy atom. The Kier molecular flexibility index (Phi) is 4.03. The van der Waals surface area contributed by atoms with Crippen molar-refractivity contribution < 1.29 is 4.39 Å². The van der Waals surface area contributed by atoms with Gasteiger partial charge in [0.25, 0.3) is 0 Å². The Morgan fingerprint density at radius 2 is 2.10 bits per heavy atom. The van der Waals surface area contributed by atoms with Gasteiger partial charge in [0.1, 0.15) is 5.82 Å². The number of pyridine rings is 1. The number of aromatic nitrogens is 1. The molecule has 110 valence electrons. The molecule has 0 radical (unpaired) electrons. The first kappa shape index (κ1) is 14.0. The van der Waals surface area contributed by atoms with E-state index in [1.165, 1.54) is 38.3 Å². The van der Waals surface area contributed by atoms with Crippen molar-refractivity contribution in [2.75, 3.05) is 19.6 Å². The Labute approximate surface area is 120 Å². The molecule has 1 spiro atoms. The van der Waals surface area contributed by atoms with Crippen molar-refractivity contribution in [2.45, 2.75) is 50.6 Å². The van der Waals surface area contributed by atoms with E-state index in [-0.39, 0.29) is 17.4 Å². The highest BCUT2D eigenvalue weighted by Gasteiger charge is 2.42. The van der Waals surface area contributed by atoms with E-state index in [9.17, 15) is 4.39 Å². The van der Waals surface area contributed by atoms with E-state index in [1.54, 1.807) is 6.07 Å². The van der Waals surface area contributed by atoms with Gasteiger partial charge < -0.3 is 5.32 Å². The van der Waals surface area contributed by atoms with Crippen LogP contribution in [0.3, 0.4) is 0 Å². The smallest absolute Gasteiger partial charge is 0.141 e. The minimum atomic E-state index is -0.234. The van der Waals surface area contributed by atoms with E-state index in [1.807, 2.05) is 6.20 Å². The molecule has 3 nitrogen and oxygen atoms in total. The average molecular weight is 277 g/mol. The largest absolute Gasteiger partial charge is 0.314 e. The third-order valence-electron chi connectivity index (χ3n) is 5.05. The summed E-state index contributed by atoms with van der Waals surface area (Å²) < 4.78 is 13.4. The summed E-state index contributed by atoms with van der Waals surface area (Å²) in [6.07, 6.45) is 9.58. The standard InChI is InChI=1S/C16H24FN3/c1-13(14-9-15(17)11-19-10-14)20-8-7-18-12-16(20)5-3-2-4-6-16/h9-11,13,18H,2-8,12H2,1H3. The van der Waals surface area contributed by atoms with E-state index in [0.29, 0.717) is 0 Å². The lowest BCUT2D eigenvalue weighted by atomic mass is 9.78. The molecule has 0 amide bonds. The molecular weight excluding hydrogens is 253 g/mol. The van der Waals surface area contributed by atoms with E-state index in [0.717, 1.165) is 25.2 Å². The number of nitrogens with zero attached hydrogens (tertiary/aromatic N) is 2. The van der Waals surface area contributed by atoms with Crippen LogP contribution in [0.25, 0.3) is 0 Å². The van der Waals surface area contributed by atoms with Gasteiger partial charge in [0.05, 0.1) is 6.20 Å². The molecule has 1 atom stereocenters. The molecule has 1 aliphatic carbocycles. The fourth-order valence-electron chi connectivity index (χ4n) is 3.97. The van der Waals surface area contributed by atoms with Crippen molar-refractivity contribution in [1.29, 1.82) is 0 Å². The highest BCUT2D eigenvalue weighted by Crippen LogP contribution is 2.39. The zero-order valence-corrected chi connectivity index (χ0v) is 12.2. The quantitative estimate of drug-likeness (QED) is 0.901. The molecule has 0 bridgehead atoms. The van der Waals surface area contributed by atoms with Gasteiger partial charge in [0, 0.05) is 37.4 Å². The van der Waals surface area contributed by atoms with Crippen molar-refractivity contribution in [1.82, 2.24) is 15.2 Å². The van der Waals surface area contributed by atoms with Crippen molar-refractivity contribution in [3.8, 4) is 0 Å². The summed E-state index contributed by atoms with van der Waals surface area (Å²) in [6, 6.07) is 1.87. The Bertz CT molecular complexity index is 449. The van der Waals surface area contributed by atoms with E-state index < -0.39 is 0 Å². The van der Waals surface area contributed by atoms with Crippen molar-refractivity contribution in [2.24, 2.45) is 0 Å². The van der Waals surface area contributed by atoms with Crippen LogP contribution in [0.1, 0.15) is 50.6 Å². The van der Waals surface area contributed by atoms with Crippen LogP contribution >= 0.6 is 0 Å². The van der Waals surface area contributed by atoms with Crippen LogP contribution in [0.5, 0.6) is 0 Å². The van der Waals surface area contributed by atoms with Crippen molar-refractivity contribution in [3.05, 3.63) is 29.8 Å². The fourth-order valence-corrected chi connectivity index (χ4v) is 3.97. The first-order valence-electron chi connectivity index (χ1n) is 7.79. The molecule has 4 heteroatoms. The van der Waals surface area contributed by atoms with Gasteiger partial charge >= 0.3 is 0 Å². The van der Waals surface area contributed by atoms with Crippen LogP contribution in [0.4, 0.5) is 4.39 Å². The third-order valence-corrected chi connectivity index (χ3v) is 5.05. The molecule has 1 saturated carbocycles. The van der Waals surface area contributed by atoms with E-state index >= 15 is 0 Å². The van der Waals surface area contributed by atoms with Gasteiger partial charge in [0.15, 0.2) is 0 Å². The normalized spacial score (nSPS) is 24.7. The molecule has 1 aromatic rings. The predicted molar refractivity (Wildman–Crippen MR) is 78.0 cm³/mol. The van der Waals surface area contributed by atoms with Crippen molar-refractivity contribution in [3.63, 3.8) is 0 Å². The molecule has 1 aliphatic heterocycles. The van der Waals surface area contributed by atoms with Crippen LogP contribution in [-0.4, -0.2) is 35.1 Å². The van der Waals surface area contributed by atoms with Crippen molar-refractivity contribution >= 4 is 0 Å². The van der Waals surface area contributed by atoms with Gasteiger partial charge in [-0.15, -0.1) is 0 Å². The molecule has 20 heavy (non-hydrogen) atoms. The SMILES string of the molecule is CC(c1cncc(F)c1)N1CCNCC12CCCCC2. The minimum absolute atomic E-state index is 0.234. The predicted octanol–water partition coefficient (Wildman–Crippen LogP) is 2.89. The Hall–Kier alpha value is -1.00. The van der Waals surface area contributed by atoms with Gasteiger partial charge in [0.2, 0.25) is 0 Å². The van der Waals surface area contributed by atoms with Gasteiger partial charge in [-0.05, 0) is 31.4 Å². The Balaban J connectivity index is 1.85. The van der Waals surface area contributed by atoms with Crippen LogP contribution in [0.15, 0.2) is 18.5 Å². The lowest BCUT2D eigenvalue weighted by molar-refractivity contribution is -0.00296. The summed E-state index contributed by atoms with van der Waals surface area (Å²) in [5.41, 5.74) is 1.26. The number of hydrogen-bond acceptors (Lipinski definition) is 3. The lowest BCUT2D eigenvalue weighted by Crippen LogP contribution is -2.62. The monoisotopic (exact) mass is 277 g/mol. The molecule has 1 N–H and O–H groups in total. The molecule has 2 aliphatic rings. The van der Waals surface area contributed by atoms with Crippen LogP contribution < -0.4 is 5.32 Å². The number of piperazine rings is 1. The fraction of sp³-hybridized carbons (Fsp3) is 0.688. The molecule has 2 fully saturated rings. The van der Waals surface area contributed by atoms with Crippen LogP contribution in [0.2, 0.25) is 0 Å². The summed E-state index contributed by atoms with van der Waals surface area (Å²) in [6.45, 7) is 5.32. The maximum Gasteiger partial charge on any atom is 0.141 e. The molecule has 3 rings (SSSR count). The van der Waals surface area contributed by atoms with Crippen LogP contribution in [0, 0.1) is 5.82 Å². The lowest BCUT2D eigenvalue weighted by Gasteiger charge is -2.52. The molecule has 1 aromatic heterocycles. The highest BCUT2D eigenvalue weighted by atomic mass is 19.1. The zero-order valence-electron chi connectivity index (χ0n) is 12.2. The summed E-state index contributed by atoms with van der Waals surface area (Å²) in [4.78, 5) is 6.61. The molecule has 0 aromatic carbocycles. The summed E-state index contributed by atoms with van der Waals surface area (Å²) in [5, 5.41) is 3.56. The summed E-state index contributed by atoms with van der Waals surface area (Å²) in [5.74, 6) is -0.234. The molecule has 1 unspecified atom stereocenters. The number of nitrogens with one attached hydrogen (secondary N) is 1. The second kappa shape index (κ2) is 5.78. The first-order chi connectivity index (χ1) is 9.71. The van der Waals surface area contributed by atoms with Gasteiger partial charge in [-0.3, -0.25) is 9.88 Å². The number of halogens is 1. The molecular formula is C16H24FN3. The highest BCUT2D eigenvalue weighted by molar-refractivity contribution is 5.16. The maximum absolute atomic E-state index is 13.4.